The quantitative estimate of drug-likeness (QED) is 0.662. The van der Waals surface area contributed by atoms with E-state index in [4.69, 9.17) is 5.11 Å². The number of aromatic nitrogens is 2. The maximum Gasteiger partial charge on any atom is 0.328 e. The maximum absolute atomic E-state index is 10.2. The van der Waals surface area contributed by atoms with Crippen LogP contribution >= 0.6 is 0 Å². The molecule has 0 radical (unpaired) electrons. The van der Waals surface area contributed by atoms with Gasteiger partial charge in [0.05, 0.1) is 6.20 Å². The van der Waals surface area contributed by atoms with Crippen molar-refractivity contribution in [2.75, 3.05) is 0 Å². The Balaban J connectivity index is 2.90. The minimum absolute atomic E-state index is 0.833. The first-order valence-corrected chi connectivity index (χ1v) is 3.51. The summed E-state index contributed by atoms with van der Waals surface area (Å²) in [5.41, 5.74) is 1.78. The van der Waals surface area contributed by atoms with Gasteiger partial charge in [-0.15, -0.1) is 0 Å². The first kappa shape index (κ1) is 8.52. The van der Waals surface area contributed by atoms with E-state index in [1.807, 2.05) is 14.0 Å². The fourth-order valence-corrected chi connectivity index (χ4v) is 0.840. The summed E-state index contributed by atoms with van der Waals surface area (Å²) in [7, 11) is 1.81. The number of hydrogen-bond donors (Lipinski definition) is 1. The Bertz CT molecular complexity index is 326. The van der Waals surface area contributed by atoms with Gasteiger partial charge in [-0.25, -0.2) is 4.79 Å². The first-order chi connectivity index (χ1) is 5.61. The maximum atomic E-state index is 10.2. The highest BCUT2D eigenvalue weighted by atomic mass is 16.4. The monoisotopic (exact) mass is 166 g/mol. The van der Waals surface area contributed by atoms with E-state index in [0.717, 1.165) is 17.3 Å². The van der Waals surface area contributed by atoms with Gasteiger partial charge in [-0.05, 0) is 13.0 Å². The fourth-order valence-electron chi connectivity index (χ4n) is 0.840. The molecule has 64 valence electrons. The molecule has 0 spiro atoms. The van der Waals surface area contributed by atoms with E-state index in [1.54, 1.807) is 10.9 Å². The Kier molecular flexibility index (Phi) is 2.28. The van der Waals surface area contributed by atoms with Crippen molar-refractivity contribution in [3.8, 4) is 0 Å². The molecule has 4 heteroatoms. The van der Waals surface area contributed by atoms with E-state index >= 15 is 0 Å². The summed E-state index contributed by atoms with van der Waals surface area (Å²) in [4.78, 5) is 10.2. The summed E-state index contributed by atoms with van der Waals surface area (Å²) in [6.45, 7) is 1.88. The third kappa shape index (κ3) is 1.72. The van der Waals surface area contributed by atoms with Crippen molar-refractivity contribution in [1.29, 1.82) is 0 Å². The largest absolute Gasteiger partial charge is 0.478 e. The fraction of sp³-hybridized carbons (Fsp3) is 0.250. The van der Waals surface area contributed by atoms with Crippen LogP contribution < -0.4 is 0 Å². The summed E-state index contributed by atoms with van der Waals surface area (Å²) >= 11 is 0. The van der Waals surface area contributed by atoms with Gasteiger partial charge < -0.3 is 5.11 Å². The van der Waals surface area contributed by atoms with Crippen molar-refractivity contribution >= 4 is 12.0 Å². The highest BCUT2D eigenvalue weighted by Crippen LogP contribution is 2.06. The van der Waals surface area contributed by atoms with Crippen molar-refractivity contribution in [2.45, 2.75) is 6.92 Å². The number of carbonyl (C=O) groups is 1. The lowest BCUT2D eigenvalue weighted by molar-refractivity contribution is -0.131. The average molecular weight is 166 g/mol. The van der Waals surface area contributed by atoms with Crippen LogP contribution in [0.2, 0.25) is 0 Å². The summed E-state index contributed by atoms with van der Waals surface area (Å²) in [5, 5.41) is 12.3. The van der Waals surface area contributed by atoms with Gasteiger partial charge >= 0.3 is 5.97 Å². The minimum Gasteiger partial charge on any atom is -0.478 e. The van der Waals surface area contributed by atoms with E-state index in [0.29, 0.717) is 0 Å². The van der Waals surface area contributed by atoms with Gasteiger partial charge in [0.25, 0.3) is 0 Å². The number of aliphatic carboxylic acids is 1. The molecule has 4 nitrogen and oxygen atoms in total. The second-order valence-electron chi connectivity index (χ2n) is 2.48. The molecule has 12 heavy (non-hydrogen) atoms. The topological polar surface area (TPSA) is 55.1 Å². The Morgan fingerprint density at radius 3 is 2.83 bits per heavy atom. The zero-order chi connectivity index (χ0) is 9.14. The van der Waals surface area contributed by atoms with E-state index in [2.05, 4.69) is 5.10 Å². The summed E-state index contributed by atoms with van der Waals surface area (Å²) in [6.07, 6.45) is 4.27. The molecular weight excluding hydrogens is 156 g/mol. The molecule has 0 aliphatic heterocycles. The number of rotatable bonds is 2. The highest BCUT2D eigenvalue weighted by molar-refractivity contribution is 5.85. The van der Waals surface area contributed by atoms with Crippen molar-refractivity contribution in [2.24, 2.45) is 7.05 Å². The molecule has 0 fully saturated rings. The molecule has 0 aliphatic carbocycles. The molecule has 0 saturated carbocycles. The lowest BCUT2D eigenvalue weighted by atomic mass is 10.2. The lowest BCUT2D eigenvalue weighted by Crippen LogP contribution is -1.92. The van der Waals surface area contributed by atoms with E-state index in [9.17, 15) is 4.79 Å². The van der Waals surface area contributed by atoms with Crippen molar-refractivity contribution in [3.63, 3.8) is 0 Å². The van der Waals surface area contributed by atoms with Crippen LogP contribution in [0.4, 0.5) is 0 Å². The van der Waals surface area contributed by atoms with Crippen LogP contribution in [-0.2, 0) is 11.8 Å². The van der Waals surface area contributed by atoms with Gasteiger partial charge in [0.15, 0.2) is 0 Å². The number of aryl methyl sites for hydroxylation is 1. The third-order valence-electron chi connectivity index (χ3n) is 1.68. The van der Waals surface area contributed by atoms with Crippen LogP contribution in [0, 0.1) is 6.92 Å². The smallest absolute Gasteiger partial charge is 0.328 e. The van der Waals surface area contributed by atoms with Gasteiger partial charge in [0.2, 0.25) is 0 Å². The SMILES string of the molecule is Cc1c(/C=C\C(=O)O)cnn1C. The Morgan fingerprint density at radius 2 is 2.42 bits per heavy atom. The zero-order valence-electron chi connectivity index (χ0n) is 6.98. The molecule has 0 saturated heterocycles. The second kappa shape index (κ2) is 3.21. The van der Waals surface area contributed by atoms with Gasteiger partial charge in [-0.1, -0.05) is 0 Å². The lowest BCUT2D eigenvalue weighted by Gasteiger charge is -1.92. The highest BCUT2D eigenvalue weighted by Gasteiger charge is 1.99. The van der Waals surface area contributed by atoms with Crippen LogP contribution in [-0.4, -0.2) is 20.9 Å². The molecule has 1 aromatic rings. The molecule has 1 rings (SSSR count). The van der Waals surface area contributed by atoms with Crippen LogP contribution in [0.25, 0.3) is 6.08 Å². The van der Waals surface area contributed by atoms with E-state index in [1.165, 1.54) is 6.08 Å². The third-order valence-corrected chi connectivity index (χ3v) is 1.68. The summed E-state index contributed by atoms with van der Waals surface area (Å²) in [5.74, 6) is -0.946. The van der Waals surface area contributed by atoms with Gasteiger partial charge in [0, 0.05) is 24.4 Å². The van der Waals surface area contributed by atoms with Crippen molar-refractivity contribution < 1.29 is 9.90 Å². The molecule has 1 N–H and O–H groups in total. The molecule has 0 unspecified atom stereocenters. The van der Waals surface area contributed by atoms with Gasteiger partial charge in [-0.3, -0.25) is 4.68 Å². The Labute approximate surface area is 70.1 Å². The van der Waals surface area contributed by atoms with Crippen LogP contribution in [0.15, 0.2) is 12.3 Å². The van der Waals surface area contributed by atoms with Crippen LogP contribution in [0.1, 0.15) is 11.3 Å². The number of nitrogens with zero attached hydrogens (tertiary/aromatic N) is 2. The molecule has 0 aromatic carbocycles. The van der Waals surface area contributed by atoms with Gasteiger partial charge in [-0.2, -0.15) is 5.10 Å². The zero-order valence-corrected chi connectivity index (χ0v) is 6.98. The second-order valence-corrected chi connectivity index (χ2v) is 2.48. The molecule has 0 atom stereocenters. The molecule has 0 amide bonds. The molecule has 1 aromatic heterocycles. The van der Waals surface area contributed by atoms with Gasteiger partial charge in [0.1, 0.15) is 0 Å². The van der Waals surface area contributed by atoms with E-state index in [-0.39, 0.29) is 0 Å². The molecule has 1 heterocycles. The minimum atomic E-state index is -0.946. The number of carboxylic acids is 1. The van der Waals surface area contributed by atoms with E-state index < -0.39 is 5.97 Å². The summed E-state index contributed by atoms with van der Waals surface area (Å²) < 4.78 is 1.70. The Morgan fingerprint density at radius 1 is 1.75 bits per heavy atom. The predicted molar refractivity (Wildman–Crippen MR) is 44.6 cm³/mol. The molecule has 0 bridgehead atoms. The number of hydrogen-bond acceptors (Lipinski definition) is 2. The normalized spacial score (nSPS) is 10.8. The average Bonchev–Trinajstić information content (AvgIpc) is 2.30. The summed E-state index contributed by atoms with van der Waals surface area (Å²) in [6, 6.07) is 0. The number of carboxylic acid groups (broad SMARTS) is 1. The molecule has 0 aliphatic rings. The van der Waals surface area contributed by atoms with Crippen molar-refractivity contribution in [1.82, 2.24) is 9.78 Å². The first-order valence-electron chi connectivity index (χ1n) is 3.51. The van der Waals surface area contributed by atoms with Crippen LogP contribution in [0.3, 0.4) is 0 Å². The molecular formula is C8H10N2O2. The predicted octanol–water partition coefficient (Wildman–Crippen LogP) is 0.826. The Hall–Kier alpha value is -1.58. The van der Waals surface area contributed by atoms with Crippen molar-refractivity contribution in [3.05, 3.63) is 23.5 Å². The standard InChI is InChI=1S/C8H10N2O2/c1-6-7(3-4-8(11)12)5-9-10(6)2/h3-5H,1-2H3,(H,11,12)/b4-3-. The van der Waals surface area contributed by atoms with Crippen LogP contribution in [0.5, 0.6) is 0 Å².